The van der Waals surface area contributed by atoms with Gasteiger partial charge in [0.15, 0.2) is 0 Å². The monoisotopic (exact) mass is 241 g/mol. The molecule has 96 valence electrons. The molecule has 0 aliphatic rings. The molecule has 1 heterocycles. The Kier molecular flexibility index (Phi) is 3.60. The summed E-state index contributed by atoms with van der Waals surface area (Å²) in [7, 11) is 2.10. The van der Waals surface area contributed by atoms with Gasteiger partial charge in [-0.3, -0.25) is 0 Å². The van der Waals surface area contributed by atoms with Crippen LogP contribution in [0.2, 0.25) is 0 Å². The number of hydrogen-bond acceptors (Lipinski definition) is 0. The fraction of sp³-hybridized carbons (Fsp3) is 0.412. The van der Waals surface area contributed by atoms with Crippen molar-refractivity contribution in [3.8, 4) is 11.3 Å². The van der Waals surface area contributed by atoms with Crippen LogP contribution in [-0.2, 0) is 7.05 Å². The summed E-state index contributed by atoms with van der Waals surface area (Å²) >= 11 is 0. The van der Waals surface area contributed by atoms with Gasteiger partial charge >= 0.3 is 0 Å². The van der Waals surface area contributed by atoms with Crippen molar-refractivity contribution in [1.29, 1.82) is 0 Å². The number of hydrogen-bond donors (Lipinski definition) is 0. The van der Waals surface area contributed by atoms with E-state index in [9.17, 15) is 0 Å². The van der Waals surface area contributed by atoms with E-state index in [1.165, 1.54) is 22.4 Å². The molecular weight excluding hydrogens is 218 g/mol. The van der Waals surface area contributed by atoms with Crippen LogP contribution in [0.5, 0.6) is 0 Å². The molecule has 0 aliphatic carbocycles. The summed E-state index contributed by atoms with van der Waals surface area (Å²) in [4.78, 5) is 0. The van der Waals surface area contributed by atoms with E-state index < -0.39 is 0 Å². The van der Waals surface area contributed by atoms with Crippen molar-refractivity contribution in [2.45, 2.75) is 39.5 Å². The maximum atomic E-state index is 2.35. The van der Waals surface area contributed by atoms with Gasteiger partial charge in [-0.05, 0) is 52.8 Å². The average molecular weight is 241 g/mol. The van der Waals surface area contributed by atoms with Crippen LogP contribution >= 0.6 is 0 Å². The van der Waals surface area contributed by atoms with Gasteiger partial charge in [-0.1, -0.05) is 33.8 Å². The molecule has 0 bridgehead atoms. The smallest absolute Gasteiger partial charge is 0.0477 e. The highest BCUT2D eigenvalue weighted by molar-refractivity contribution is 5.63. The lowest BCUT2D eigenvalue weighted by Crippen LogP contribution is -1.97. The first-order valence-corrected chi connectivity index (χ1v) is 6.75. The summed E-state index contributed by atoms with van der Waals surface area (Å²) in [5.74, 6) is 1.14. The van der Waals surface area contributed by atoms with Crippen LogP contribution in [-0.4, -0.2) is 4.57 Å². The highest BCUT2D eigenvalue weighted by Gasteiger charge is 2.09. The Balaban J connectivity index is 2.57. The van der Waals surface area contributed by atoms with E-state index in [4.69, 9.17) is 0 Å². The summed E-state index contributed by atoms with van der Waals surface area (Å²) < 4.78 is 2.18. The fourth-order valence-corrected chi connectivity index (χ4v) is 2.25. The third-order valence-electron chi connectivity index (χ3n) is 3.55. The summed E-state index contributed by atoms with van der Waals surface area (Å²) in [6.45, 7) is 9.03. The van der Waals surface area contributed by atoms with Crippen molar-refractivity contribution in [1.82, 2.24) is 4.57 Å². The highest BCUT2D eigenvalue weighted by atomic mass is 14.9. The predicted molar refractivity (Wildman–Crippen MR) is 79.0 cm³/mol. The molecule has 1 heteroatoms. The van der Waals surface area contributed by atoms with E-state index in [2.05, 4.69) is 75.8 Å². The van der Waals surface area contributed by atoms with E-state index in [0.717, 1.165) is 0 Å². The molecule has 2 rings (SSSR count). The van der Waals surface area contributed by atoms with Crippen molar-refractivity contribution in [3.63, 3.8) is 0 Å². The average Bonchev–Trinajstić information content (AvgIpc) is 2.74. The number of nitrogens with zero attached hydrogens (tertiary/aromatic N) is 1. The Morgan fingerprint density at radius 1 is 0.889 bits per heavy atom. The van der Waals surface area contributed by atoms with E-state index in [1.807, 2.05) is 0 Å². The Labute approximate surface area is 110 Å². The second-order valence-corrected chi connectivity index (χ2v) is 5.70. The zero-order chi connectivity index (χ0) is 13.3. The van der Waals surface area contributed by atoms with Gasteiger partial charge in [-0.2, -0.15) is 0 Å². The Morgan fingerprint density at radius 2 is 1.44 bits per heavy atom. The largest absolute Gasteiger partial charge is 0.351 e. The molecular formula is C17H23N. The molecule has 0 atom stereocenters. The standard InChI is InChI=1S/C17H23N/c1-12(2)14-9-15(13(3)4)11-16(10-14)17-7-6-8-18(17)5/h6-13H,1-5H3. The number of rotatable bonds is 3. The zero-order valence-electron chi connectivity index (χ0n) is 12.1. The van der Waals surface area contributed by atoms with Crippen molar-refractivity contribution < 1.29 is 0 Å². The Morgan fingerprint density at radius 3 is 1.83 bits per heavy atom. The summed E-state index contributed by atoms with van der Waals surface area (Å²) in [5, 5.41) is 0. The van der Waals surface area contributed by atoms with Crippen molar-refractivity contribution in [3.05, 3.63) is 47.7 Å². The first-order chi connectivity index (χ1) is 8.49. The van der Waals surface area contributed by atoms with Gasteiger partial charge in [0.05, 0.1) is 0 Å². The van der Waals surface area contributed by atoms with Gasteiger partial charge in [-0.25, -0.2) is 0 Å². The molecule has 0 unspecified atom stereocenters. The predicted octanol–water partition coefficient (Wildman–Crippen LogP) is 4.94. The van der Waals surface area contributed by atoms with Crippen LogP contribution in [0.4, 0.5) is 0 Å². The molecule has 18 heavy (non-hydrogen) atoms. The number of aryl methyl sites for hydroxylation is 1. The molecule has 2 aromatic rings. The minimum Gasteiger partial charge on any atom is -0.351 e. The fourth-order valence-electron chi connectivity index (χ4n) is 2.25. The van der Waals surface area contributed by atoms with Crippen LogP contribution in [0.1, 0.15) is 50.7 Å². The van der Waals surface area contributed by atoms with Crippen LogP contribution in [0.15, 0.2) is 36.5 Å². The maximum Gasteiger partial charge on any atom is 0.0477 e. The van der Waals surface area contributed by atoms with E-state index >= 15 is 0 Å². The van der Waals surface area contributed by atoms with Crippen molar-refractivity contribution in [2.24, 2.45) is 7.05 Å². The summed E-state index contributed by atoms with van der Waals surface area (Å²) in [6.07, 6.45) is 2.10. The topological polar surface area (TPSA) is 4.93 Å². The Bertz CT molecular complexity index is 506. The lowest BCUT2D eigenvalue weighted by atomic mass is 9.92. The lowest BCUT2D eigenvalue weighted by molar-refractivity contribution is 0.833. The molecule has 0 spiro atoms. The van der Waals surface area contributed by atoms with Crippen molar-refractivity contribution in [2.75, 3.05) is 0 Å². The van der Waals surface area contributed by atoms with E-state index in [-0.39, 0.29) is 0 Å². The summed E-state index contributed by atoms with van der Waals surface area (Å²) in [6, 6.07) is 11.3. The van der Waals surface area contributed by atoms with Crippen molar-refractivity contribution >= 4 is 0 Å². The third kappa shape index (κ3) is 2.50. The maximum absolute atomic E-state index is 2.35. The number of benzene rings is 1. The molecule has 0 aliphatic heterocycles. The molecule has 0 fully saturated rings. The molecule has 0 radical (unpaired) electrons. The molecule has 0 N–H and O–H groups in total. The quantitative estimate of drug-likeness (QED) is 0.717. The second-order valence-electron chi connectivity index (χ2n) is 5.70. The minimum absolute atomic E-state index is 0.572. The molecule has 1 aromatic heterocycles. The first kappa shape index (κ1) is 12.9. The third-order valence-corrected chi connectivity index (χ3v) is 3.55. The SMILES string of the molecule is CC(C)c1cc(-c2cccn2C)cc(C(C)C)c1. The highest BCUT2D eigenvalue weighted by Crippen LogP contribution is 2.29. The van der Waals surface area contributed by atoms with Gasteiger partial charge in [0.25, 0.3) is 0 Å². The lowest BCUT2D eigenvalue weighted by Gasteiger charge is -2.15. The molecule has 1 nitrogen and oxygen atoms in total. The summed E-state index contributed by atoms with van der Waals surface area (Å²) in [5.41, 5.74) is 5.48. The normalized spacial score (nSPS) is 11.5. The van der Waals surface area contributed by atoms with Gasteiger partial charge < -0.3 is 4.57 Å². The van der Waals surface area contributed by atoms with E-state index in [1.54, 1.807) is 0 Å². The van der Waals surface area contributed by atoms with Crippen LogP contribution < -0.4 is 0 Å². The van der Waals surface area contributed by atoms with Gasteiger partial charge in [0.2, 0.25) is 0 Å². The molecule has 0 saturated heterocycles. The molecule has 1 aromatic carbocycles. The van der Waals surface area contributed by atoms with Gasteiger partial charge in [-0.15, -0.1) is 0 Å². The second kappa shape index (κ2) is 5.01. The van der Waals surface area contributed by atoms with Gasteiger partial charge in [0, 0.05) is 18.9 Å². The van der Waals surface area contributed by atoms with Crippen LogP contribution in [0.3, 0.4) is 0 Å². The zero-order valence-corrected chi connectivity index (χ0v) is 12.1. The van der Waals surface area contributed by atoms with Gasteiger partial charge in [0.1, 0.15) is 0 Å². The molecule has 0 amide bonds. The minimum atomic E-state index is 0.572. The molecule has 0 saturated carbocycles. The van der Waals surface area contributed by atoms with Crippen LogP contribution in [0.25, 0.3) is 11.3 Å². The van der Waals surface area contributed by atoms with E-state index in [0.29, 0.717) is 11.8 Å². The number of aromatic nitrogens is 1. The van der Waals surface area contributed by atoms with Crippen LogP contribution in [0, 0.1) is 0 Å². The Hall–Kier alpha value is -1.50. The first-order valence-electron chi connectivity index (χ1n) is 6.75.